The Hall–Kier alpha value is -4.70. The minimum Gasteiger partial charge on any atom is -0.494 e. The zero-order chi connectivity index (χ0) is 30.3. The third-order valence-corrected chi connectivity index (χ3v) is 7.42. The van der Waals surface area contributed by atoms with E-state index in [1.54, 1.807) is 17.7 Å². The highest BCUT2D eigenvalue weighted by Gasteiger charge is 2.38. The molecule has 1 atom stereocenters. The summed E-state index contributed by atoms with van der Waals surface area (Å²) in [6.07, 6.45) is -4.46. The molecule has 218 valence electrons. The van der Waals surface area contributed by atoms with Gasteiger partial charge in [-0.3, -0.25) is 4.90 Å². The van der Waals surface area contributed by atoms with Crippen molar-refractivity contribution in [2.45, 2.75) is 38.7 Å². The third-order valence-electron chi connectivity index (χ3n) is 7.42. The summed E-state index contributed by atoms with van der Waals surface area (Å²) in [5, 5.41) is 18.4. The lowest BCUT2D eigenvalue weighted by molar-refractivity contribution is -0.139. The minimum absolute atomic E-state index is 0.0142. The second-order valence-corrected chi connectivity index (χ2v) is 9.92. The third kappa shape index (κ3) is 5.33. The monoisotopic (exact) mass is 583 g/mol. The number of aromatic carboxylic acids is 1. The number of imidazole rings is 1. The summed E-state index contributed by atoms with van der Waals surface area (Å²) in [6, 6.07) is 8.94. The topological polar surface area (TPSA) is 114 Å². The molecule has 2 aromatic heterocycles. The molecule has 2 aromatic carbocycles. The Bertz CT molecular complexity index is 1750. The van der Waals surface area contributed by atoms with Gasteiger partial charge in [-0.25, -0.2) is 19.2 Å². The molecule has 0 fully saturated rings. The smallest absolute Gasteiger partial charge is 0.421 e. The van der Waals surface area contributed by atoms with Gasteiger partial charge in [-0.1, -0.05) is 6.07 Å². The van der Waals surface area contributed by atoms with Crippen LogP contribution < -0.4 is 9.47 Å². The molecule has 0 aliphatic carbocycles. The van der Waals surface area contributed by atoms with Gasteiger partial charge in [0.1, 0.15) is 35.1 Å². The molecule has 0 saturated carbocycles. The Morgan fingerprint density at radius 2 is 1.98 bits per heavy atom. The van der Waals surface area contributed by atoms with Crippen molar-refractivity contribution in [3.05, 3.63) is 81.6 Å². The molecule has 0 saturated heterocycles. The standard InChI is InChI=1S/C29H25F4N5O4/c1-15-25-17(9-20(29(31,32)33)27(36-25)42-14-18-5-4-16(12-34)8-21(18)30)6-7-38(15)13-24-35-26-22(37(24)2)10-19(28(39)40)11-23(26)41-3/h4-5,8-11,15H,6-7,13-14H2,1-3H3,(H,39,40)/t15-/m0/s1. The Labute approximate surface area is 237 Å². The summed E-state index contributed by atoms with van der Waals surface area (Å²) in [4.78, 5) is 22.5. The van der Waals surface area contributed by atoms with Crippen molar-refractivity contribution in [2.75, 3.05) is 13.7 Å². The number of methoxy groups -OCH3 is 1. The Morgan fingerprint density at radius 3 is 2.62 bits per heavy atom. The minimum atomic E-state index is -4.75. The first kappa shape index (κ1) is 28.8. The summed E-state index contributed by atoms with van der Waals surface area (Å²) in [5.41, 5.74) is 0.943. The van der Waals surface area contributed by atoms with Crippen LogP contribution in [0.2, 0.25) is 0 Å². The summed E-state index contributed by atoms with van der Waals surface area (Å²) >= 11 is 0. The summed E-state index contributed by atoms with van der Waals surface area (Å²) in [5.74, 6) is -1.63. The second kappa shape index (κ2) is 10.9. The van der Waals surface area contributed by atoms with Gasteiger partial charge in [-0.2, -0.15) is 18.4 Å². The first-order valence-corrected chi connectivity index (χ1v) is 12.8. The number of ether oxygens (including phenoxy) is 2. The molecule has 4 aromatic rings. The van der Waals surface area contributed by atoms with Crippen LogP contribution in [0, 0.1) is 17.1 Å². The number of pyridine rings is 1. The zero-order valence-corrected chi connectivity index (χ0v) is 22.8. The number of carboxylic acid groups (broad SMARTS) is 1. The number of rotatable bonds is 7. The number of aromatic nitrogens is 3. The second-order valence-electron chi connectivity index (χ2n) is 9.92. The van der Waals surface area contributed by atoms with E-state index in [1.165, 1.54) is 31.4 Å². The van der Waals surface area contributed by atoms with E-state index in [4.69, 9.17) is 14.7 Å². The molecule has 0 unspecified atom stereocenters. The predicted molar refractivity (Wildman–Crippen MR) is 141 cm³/mol. The molecule has 0 bridgehead atoms. The van der Waals surface area contributed by atoms with Crippen molar-refractivity contribution >= 4 is 17.0 Å². The summed E-state index contributed by atoms with van der Waals surface area (Å²) in [6.45, 7) is 2.02. The number of carbonyl (C=O) groups is 1. The van der Waals surface area contributed by atoms with Gasteiger partial charge in [0, 0.05) is 19.2 Å². The number of aryl methyl sites for hydroxylation is 1. The van der Waals surface area contributed by atoms with Crippen LogP contribution in [0.4, 0.5) is 17.6 Å². The summed E-state index contributed by atoms with van der Waals surface area (Å²) < 4.78 is 68.8. The fraction of sp³-hybridized carbons (Fsp3) is 0.310. The molecule has 1 N–H and O–H groups in total. The quantitative estimate of drug-likeness (QED) is 0.288. The normalized spacial score (nSPS) is 15.3. The van der Waals surface area contributed by atoms with E-state index in [0.29, 0.717) is 47.0 Å². The molecule has 0 amide bonds. The van der Waals surface area contributed by atoms with Gasteiger partial charge in [-0.15, -0.1) is 0 Å². The van der Waals surface area contributed by atoms with Crippen LogP contribution in [-0.4, -0.2) is 44.2 Å². The van der Waals surface area contributed by atoms with Crippen LogP contribution in [0.5, 0.6) is 11.6 Å². The zero-order valence-electron chi connectivity index (χ0n) is 22.8. The van der Waals surface area contributed by atoms with E-state index in [9.17, 15) is 27.5 Å². The largest absolute Gasteiger partial charge is 0.494 e. The molecule has 9 nitrogen and oxygen atoms in total. The van der Waals surface area contributed by atoms with Gasteiger partial charge in [-0.05, 0) is 49.2 Å². The van der Waals surface area contributed by atoms with E-state index < -0.39 is 42.1 Å². The molecule has 1 aliphatic rings. The Kier molecular flexibility index (Phi) is 7.51. The van der Waals surface area contributed by atoms with Crippen molar-refractivity contribution < 1.29 is 36.9 Å². The van der Waals surface area contributed by atoms with Gasteiger partial charge in [0.2, 0.25) is 5.88 Å². The van der Waals surface area contributed by atoms with E-state index in [0.717, 1.165) is 12.1 Å². The first-order chi connectivity index (χ1) is 19.9. The molecule has 5 rings (SSSR count). The van der Waals surface area contributed by atoms with Crippen LogP contribution >= 0.6 is 0 Å². The van der Waals surface area contributed by atoms with E-state index in [-0.39, 0.29) is 23.1 Å². The van der Waals surface area contributed by atoms with Crippen LogP contribution in [0.3, 0.4) is 0 Å². The highest BCUT2D eigenvalue weighted by Crippen LogP contribution is 2.40. The lowest BCUT2D eigenvalue weighted by atomic mass is 9.97. The summed E-state index contributed by atoms with van der Waals surface area (Å²) in [7, 11) is 3.18. The average Bonchev–Trinajstić information content (AvgIpc) is 3.27. The van der Waals surface area contributed by atoms with E-state index >= 15 is 0 Å². The fourth-order valence-electron chi connectivity index (χ4n) is 5.06. The van der Waals surface area contributed by atoms with E-state index in [2.05, 4.69) is 9.97 Å². The number of nitriles is 1. The van der Waals surface area contributed by atoms with Crippen molar-refractivity contribution in [2.24, 2.45) is 7.05 Å². The number of nitrogens with zero attached hydrogens (tertiary/aromatic N) is 5. The Morgan fingerprint density at radius 1 is 1.21 bits per heavy atom. The maximum Gasteiger partial charge on any atom is 0.421 e. The molecule has 0 spiro atoms. The first-order valence-electron chi connectivity index (χ1n) is 12.8. The van der Waals surface area contributed by atoms with Gasteiger partial charge in [0.05, 0.1) is 48.1 Å². The highest BCUT2D eigenvalue weighted by atomic mass is 19.4. The molecule has 3 heterocycles. The number of fused-ring (bicyclic) bond motifs is 2. The average molecular weight is 584 g/mol. The number of carboxylic acids is 1. The van der Waals surface area contributed by atoms with Crippen LogP contribution in [0.1, 0.15) is 57.1 Å². The lowest BCUT2D eigenvalue weighted by Crippen LogP contribution is -2.35. The highest BCUT2D eigenvalue weighted by molar-refractivity contribution is 5.95. The molecular formula is C29H25F4N5O4. The maximum absolute atomic E-state index is 14.4. The van der Waals surface area contributed by atoms with Gasteiger partial charge < -0.3 is 19.1 Å². The fourth-order valence-corrected chi connectivity index (χ4v) is 5.06. The maximum atomic E-state index is 14.4. The molecule has 42 heavy (non-hydrogen) atoms. The molecule has 13 heteroatoms. The van der Waals surface area contributed by atoms with Crippen molar-refractivity contribution in [1.82, 2.24) is 19.4 Å². The Balaban J connectivity index is 1.45. The van der Waals surface area contributed by atoms with Crippen LogP contribution in [-0.2, 0) is 32.8 Å². The number of benzene rings is 2. The van der Waals surface area contributed by atoms with Gasteiger partial charge >= 0.3 is 12.1 Å². The number of halogens is 4. The SMILES string of the molecule is COc1cc(C(=O)O)cc2c1nc(CN1CCc3cc(C(F)(F)F)c(OCc4ccc(C#N)cc4F)nc3[C@@H]1C)n2C. The van der Waals surface area contributed by atoms with Crippen molar-refractivity contribution in [1.29, 1.82) is 5.26 Å². The number of hydrogen-bond acceptors (Lipinski definition) is 7. The number of alkyl halides is 3. The molecule has 0 radical (unpaired) electrons. The van der Waals surface area contributed by atoms with Crippen molar-refractivity contribution in [3.8, 4) is 17.7 Å². The van der Waals surface area contributed by atoms with Crippen LogP contribution in [0.25, 0.3) is 11.0 Å². The van der Waals surface area contributed by atoms with Gasteiger partial charge in [0.15, 0.2) is 0 Å². The molecular weight excluding hydrogens is 558 g/mol. The molecule has 1 aliphatic heterocycles. The van der Waals surface area contributed by atoms with Crippen molar-refractivity contribution in [3.63, 3.8) is 0 Å². The van der Waals surface area contributed by atoms with Gasteiger partial charge in [0.25, 0.3) is 0 Å². The predicted octanol–water partition coefficient (Wildman–Crippen LogP) is 5.40. The van der Waals surface area contributed by atoms with Crippen LogP contribution in [0.15, 0.2) is 36.4 Å². The van der Waals surface area contributed by atoms with E-state index in [1.807, 2.05) is 11.8 Å². The lowest BCUT2D eigenvalue weighted by Gasteiger charge is -2.34. The number of hydrogen-bond donors (Lipinski definition) is 1.